The van der Waals surface area contributed by atoms with Gasteiger partial charge in [0.1, 0.15) is 11.6 Å². The number of rotatable bonds is 7. The summed E-state index contributed by atoms with van der Waals surface area (Å²) < 4.78 is 3.82. The normalized spacial score (nSPS) is 11.5. The van der Waals surface area contributed by atoms with Crippen molar-refractivity contribution in [1.29, 1.82) is 0 Å². The van der Waals surface area contributed by atoms with E-state index in [4.69, 9.17) is 5.10 Å². The van der Waals surface area contributed by atoms with Gasteiger partial charge in [0.05, 0.1) is 5.69 Å². The van der Waals surface area contributed by atoms with Gasteiger partial charge in [0.2, 0.25) is 0 Å². The summed E-state index contributed by atoms with van der Waals surface area (Å²) in [5.74, 6) is 1.81. The smallest absolute Gasteiger partial charge is 0.320 e. The Bertz CT molecular complexity index is 1670. The van der Waals surface area contributed by atoms with Crippen LogP contribution in [0.15, 0.2) is 76.7 Å². The molecule has 209 valence electrons. The molecule has 2 aromatic carbocycles. The van der Waals surface area contributed by atoms with Crippen LogP contribution in [0.5, 0.6) is 0 Å². The molecule has 5 rings (SSSR count). The van der Waals surface area contributed by atoms with Gasteiger partial charge >= 0.3 is 6.03 Å². The molecule has 2 N–H and O–H groups in total. The predicted octanol–water partition coefficient (Wildman–Crippen LogP) is 6.91. The van der Waals surface area contributed by atoms with E-state index in [1.54, 1.807) is 16.4 Å². The average Bonchev–Trinajstić information content (AvgIpc) is 3.53. The first-order valence-electron chi connectivity index (χ1n) is 13.3. The Morgan fingerprint density at radius 1 is 1.07 bits per heavy atom. The summed E-state index contributed by atoms with van der Waals surface area (Å²) in [4.78, 5) is 15.2. The maximum Gasteiger partial charge on any atom is 0.320 e. The van der Waals surface area contributed by atoms with Gasteiger partial charge in [-0.25, -0.2) is 9.48 Å². The number of pyridine rings is 1. The van der Waals surface area contributed by atoms with Crippen LogP contribution in [0.25, 0.3) is 11.3 Å². The van der Waals surface area contributed by atoms with Crippen LogP contribution < -0.4 is 10.6 Å². The van der Waals surface area contributed by atoms with Crippen molar-refractivity contribution >= 4 is 29.3 Å². The number of aryl methyl sites for hydroxylation is 1. The molecule has 3 aromatic heterocycles. The van der Waals surface area contributed by atoms with Gasteiger partial charge in [-0.2, -0.15) is 22.8 Å². The van der Waals surface area contributed by atoms with Crippen molar-refractivity contribution in [3.8, 4) is 5.69 Å². The van der Waals surface area contributed by atoms with E-state index in [1.165, 1.54) is 0 Å². The van der Waals surface area contributed by atoms with Crippen LogP contribution in [0, 0.1) is 13.0 Å². The van der Waals surface area contributed by atoms with Gasteiger partial charge in [0, 0.05) is 72.6 Å². The summed E-state index contributed by atoms with van der Waals surface area (Å²) in [6.45, 7) is 12.9. The van der Waals surface area contributed by atoms with E-state index >= 15 is 0 Å². The van der Waals surface area contributed by atoms with Crippen LogP contribution in [0.4, 0.5) is 10.6 Å². The third-order valence-electron chi connectivity index (χ3n) is 6.45. The summed E-state index contributed by atoms with van der Waals surface area (Å²) in [6, 6.07) is 22.7. The zero-order valence-corrected chi connectivity index (χ0v) is 27.9. The van der Waals surface area contributed by atoms with Crippen molar-refractivity contribution in [2.24, 2.45) is 0 Å². The van der Waals surface area contributed by atoms with Crippen molar-refractivity contribution in [2.45, 2.75) is 69.2 Å². The molecule has 0 saturated heterocycles. The largest absolute Gasteiger partial charge is 0.334 e. The fourth-order valence-corrected chi connectivity index (χ4v) is 5.26. The maximum atomic E-state index is 13.1. The van der Waals surface area contributed by atoms with Gasteiger partial charge < -0.3 is 5.32 Å². The number of anilines is 1. The Morgan fingerprint density at radius 2 is 1.85 bits per heavy atom. The molecule has 1 radical (unpaired) electrons. The summed E-state index contributed by atoms with van der Waals surface area (Å²) in [5, 5.41) is 19.4. The molecular formula is C31H34N7OSY-. The molecule has 10 heteroatoms. The van der Waals surface area contributed by atoms with E-state index in [0.29, 0.717) is 12.4 Å². The zero-order valence-electron chi connectivity index (χ0n) is 24.3. The molecule has 0 aliphatic carbocycles. The van der Waals surface area contributed by atoms with E-state index < -0.39 is 0 Å². The number of aromatic nitrogens is 5. The third-order valence-corrected chi connectivity index (χ3v) is 7.55. The first-order chi connectivity index (χ1) is 19.1. The molecule has 0 spiro atoms. The van der Waals surface area contributed by atoms with Crippen molar-refractivity contribution in [3.63, 3.8) is 0 Å². The average molecular weight is 642 g/mol. The Morgan fingerprint density at radius 3 is 2.59 bits per heavy atom. The maximum absolute atomic E-state index is 13.1. The van der Waals surface area contributed by atoms with Crippen LogP contribution in [0.2, 0.25) is 0 Å². The molecule has 3 heterocycles. The van der Waals surface area contributed by atoms with Crippen molar-refractivity contribution in [1.82, 2.24) is 29.7 Å². The summed E-state index contributed by atoms with van der Waals surface area (Å²) >= 11 is 1.65. The van der Waals surface area contributed by atoms with Gasteiger partial charge in [-0.05, 0) is 29.4 Å². The molecule has 0 saturated carbocycles. The van der Waals surface area contributed by atoms with E-state index in [9.17, 15) is 4.79 Å². The molecule has 0 unspecified atom stereocenters. The molecule has 0 atom stereocenters. The summed E-state index contributed by atoms with van der Waals surface area (Å²) in [5.41, 5.74) is 4.44. The summed E-state index contributed by atoms with van der Waals surface area (Å²) in [6.07, 6.45) is 2.07. The summed E-state index contributed by atoms with van der Waals surface area (Å²) in [7, 11) is 0. The second-order valence-corrected chi connectivity index (χ2v) is 12.2. The second kappa shape index (κ2) is 12.9. The van der Waals surface area contributed by atoms with Gasteiger partial charge in [-0.3, -0.25) is 9.72 Å². The predicted molar refractivity (Wildman–Crippen MR) is 159 cm³/mol. The molecule has 41 heavy (non-hydrogen) atoms. The molecular weight excluding hydrogens is 607 g/mol. The molecule has 2 amide bonds. The fraction of sp³-hybridized carbons (Fsp3) is 0.290. The third kappa shape index (κ3) is 7.26. The van der Waals surface area contributed by atoms with Crippen LogP contribution in [-0.4, -0.2) is 30.4 Å². The topological polar surface area (TPSA) is 89.1 Å². The zero-order chi connectivity index (χ0) is 28.4. The molecule has 0 aliphatic rings. The number of urea groups is 1. The molecule has 8 nitrogen and oxygen atoms in total. The number of hydrogen-bond donors (Lipinski definition) is 2. The standard InChI is InChI=1S/C31H34N7OS.Y/c1-20(2)29-35-34-27-15-14-24(19-37(27)29)40-25-13-8-7-11-22(25)18-32-30(39)33-28-17-26(31(4,5)6)36-38(28)23-12-9-10-21(3)16-23;/h7-9,11-17,19-20H,18H2,1-6H3,(H2,32,33,39);/q-1;. The number of hydrogen-bond acceptors (Lipinski definition) is 5. The van der Waals surface area contributed by atoms with Crippen molar-refractivity contribution in [2.75, 3.05) is 5.32 Å². The Balaban J connectivity index is 0.00000387. The number of amides is 2. The number of benzene rings is 2. The van der Waals surface area contributed by atoms with E-state index in [1.807, 2.05) is 65.9 Å². The van der Waals surface area contributed by atoms with E-state index in [2.05, 4.69) is 73.8 Å². The van der Waals surface area contributed by atoms with E-state index in [-0.39, 0.29) is 50.1 Å². The minimum Gasteiger partial charge on any atom is -0.334 e. The van der Waals surface area contributed by atoms with E-state index in [0.717, 1.165) is 43.8 Å². The van der Waals surface area contributed by atoms with Gasteiger partial charge in [-0.1, -0.05) is 71.5 Å². The Labute approximate surface area is 270 Å². The molecule has 0 aliphatic heterocycles. The Kier molecular flexibility index (Phi) is 9.72. The SMILES string of the molecule is Cc1[c-]ccc(-n2nc(C(C)(C)C)cc2NC(=O)NCc2ccccc2Sc2ccc3nnc(C(C)C)n3c2)c1.[Y]. The number of carbonyl (C=O) groups is 1. The first-order valence-corrected chi connectivity index (χ1v) is 14.1. The number of carbonyl (C=O) groups excluding carboxylic acids is 1. The van der Waals surface area contributed by atoms with Gasteiger partial charge in [0.25, 0.3) is 0 Å². The van der Waals surface area contributed by atoms with Crippen LogP contribution in [0.3, 0.4) is 0 Å². The van der Waals surface area contributed by atoms with Crippen molar-refractivity contribution < 1.29 is 37.5 Å². The Hall–Kier alpha value is -3.01. The minimum atomic E-state index is -0.298. The molecule has 5 aromatic rings. The quantitative estimate of drug-likeness (QED) is 0.189. The van der Waals surface area contributed by atoms with Gasteiger partial charge in [0.15, 0.2) is 5.65 Å². The van der Waals surface area contributed by atoms with Gasteiger partial charge in [-0.15, -0.1) is 22.3 Å². The number of nitrogens with zero attached hydrogens (tertiary/aromatic N) is 5. The van der Waals surface area contributed by atoms with Crippen LogP contribution in [0.1, 0.15) is 63.2 Å². The monoisotopic (exact) mass is 641 g/mol. The van der Waals surface area contributed by atoms with Crippen molar-refractivity contribution in [3.05, 3.63) is 95.6 Å². The first kappa shape index (κ1) is 30.9. The number of fused-ring (bicyclic) bond motifs is 1. The van der Waals surface area contributed by atoms with Crippen LogP contribution >= 0.6 is 11.8 Å². The minimum absolute atomic E-state index is 0. The number of nitrogens with one attached hydrogen (secondary N) is 2. The fourth-order valence-electron chi connectivity index (χ4n) is 4.29. The second-order valence-electron chi connectivity index (χ2n) is 11.1. The van der Waals surface area contributed by atoms with Crippen LogP contribution in [-0.2, 0) is 44.7 Å². The molecule has 0 fully saturated rings. The molecule has 0 bridgehead atoms.